The van der Waals surface area contributed by atoms with Crippen LogP contribution >= 0.6 is 15.6 Å². The third-order valence-electron chi connectivity index (χ3n) is 17.2. The zero-order valence-electron chi connectivity index (χ0n) is 60.6. The quantitative estimate of drug-likeness (QED) is 0.0222. The number of rotatable bonds is 73. The predicted octanol–water partition coefficient (Wildman–Crippen LogP) is 21.6. The minimum Gasteiger partial charge on any atom is -0.462 e. The third-order valence-corrected chi connectivity index (χ3v) is 19.1. The van der Waals surface area contributed by atoms with Crippen LogP contribution in [0, 0.1) is 11.8 Å². The van der Waals surface area contributed by atoms with Crippen LogP contribution < -0.4 is 0 Å². The first kappa shape index (κ1) is 91.1. The monoisotopic (exact) mass is 1370 g/mol. The van der Waals surface area contributed by atoms with Crippen LogP contribution in [0.3, 0.4) is 0 Å². The Balaban J connectivity index is 5.26. The van der Waals surface area contributed by atoms with Gasteiger partial charge in [-0.2, -0.15) is 0 Å². The maximum Gasteiger partial charge on any atom is 0.472 e. The molecule has 19 heteroatoms. The molecule has 17 nitrogen and oxygen atoms in total. The minimum atomic E-state index is -4.95. The molecule has 0 saturated carbocycles. The van der Waals surface area contributed by atoms with Crippen molar-refractivity contribution in [3.05, 3.63) is 0 Å². The van der Waals surface area contributed by atoms with Gasteiger partial charge in [-0.25, -0.2) is 9.13 Å². The van der Waals surface area contributed by atoms with Gasteiger partial charge in [0.2, 0.25) is 0 Å². The van der Waals surface area contributed by atoms with Crippen molar-refractivity contribution in [1.29, 1.82) is 0 Å². The fraction of sp³-hybridized carbons (Fsp3) is 0.946. The van der Waals surface area contributed by atoms with Gasteiger partial charge in [-0.1, -0.05) is 330 Å². The molecule has 0 fully saturated rings. The second-order valence-electron chi connectivity index (χ2n) is 27.6. The smallest absolute Gasteiger partial charge is 0.462 e. The van der Waals surface area contributed by atoms with Crippen molar-refractivity contribution in [3.63, 3.8) is 0 Å². The lowest BCUT2D eigenvalue weighted by molar-refractivity contribution is -0.161. The van der Waals surface area contributed by atoms with Crippen molar-refractivity contribution >= 4 is 39.5 Å². The highest BCUT2D eigenvalue weighted by Crippen LogP contribution is 2.45. The summed E-state index contributed by atoms with van der Waals surface area (Å²) in [7, 11) is -9.91. The molecule has 0 aromatic heterocycles. The Morgan fingerprint density at radius 1 is 0.290 bits per heavy atom. The summed E-state index contributed by atoms with van der Waals surface area (Å²) >= 11 is 0. The fourth-order valence-corrected chi connectivity index (χ4v) is 12.9. The van der Waals surface area contributed by atoms with Gasteiger partial charge in [0, 0.05) is 25.7 Å². The highest BCUT2D eigenvalue weighted by Gasteiger charge is 2.30. The predicted molar refractivity (Wildman–Crippen MR) is 377 cm³/mol. The molecule has 0 radical (unpaired) electrons. The summed E-state index contributed by atoms with van der Waals surface area (Å²) in [4.78, 5) is 72.8. The maximum atomic E-state index is 13.1. The topological polar surface area (TPSA) is 237 Å². The Kier molecular flexibility index (Phi) is 64.6. The molecule has 0 aromatic rings. The lowest BCUT2D eigenvalue weighted by Gasteiger charge is -2.21. The van der Waals surface area contributed by atoms with Crippen molar-refractivity contribution < 1.29 is 80.2 Å². The molecule has 552 valence electrons. The van der Waals surface area contributed by atoms with Crippen LogP contribution in [0.4, 0.5) is 0 Å². The van der Waals surface area contributed by atoms with E-state index in [1.54, 1.807) is 0 Å². The van der Waals surface area contributed by atoms with Gasteiger partial charge in [-0.05, 0) is 37.5 Å². The van der Waals surface area contributed by atoms with Gasteiger partial charge in [-0.3, -0.25) is 37.3 Å². The molecule has 0 saturated heterocycles. The number of ether oxygens (including phenoxy) is 4. The first-order valence-corrected chi connectivity index (χ1v) is 41.5. The average Bonchev–Trinajstić information content (AvgIpc) is 2.86. The summed E-state index contributed by atoms with van der Waals surface area (Å²) < 4.78 is 68.5. The van der Waals surface area contributed by atoms with Crippen molar-refractivity contribution in [2.24, 2.45) is 11.8 Å². The molecule has 0 aromatic carbocycles. The minimum absolute atomic E-state index is 0.105. The zero-order valence-corrected chi connectivity index (χ0v) is 62.3. The van der Waals surface area contributed by atoms with Crippen molar-refractivity contribution in [2.45, 2.75) is 400 Å². The first-order valence-electron chi connectivity index (χ1n) is 38.5. The summed E-state index contributed by atoms with van der Waals surface area (Å²) in [6, 6.07) is 0. The molecule has 93 heavy (non-hydrogen) atoms. The van der Waals surface area contributed by atoms with E-state index in [-0.39, 0.29) is 25.7 Å². The number of phosphoric acid groups is 2. The van der Waals surface area contributed by atoms with E-state index in [2.05, 4.69) is 41.5 Å². The average molecular weight is 1370 g/mol. The molecule has 0 aliphatic carbocycles. The van der Waals surface area contributed by atoms with Crippen LogP contribution in [0.15, 0.2) is 0 Å². The number of carbonyl (C=O) groups is 4. The van der Waals surface area contributed by atoms with Crippen molar-refractivity contribution in [3.8, 4) is 0 Å². The van der Waals surface area contributed by atoms with E-state index in [1.165, 1.54) is 199 Å². The summed E-state index contributed by atoms with van der Waals surface area (Å²) in [6.07, 6.45) is 52.6. The fourth-order valence-electron chi connectivity index (χ4n) is 11.3. The molecular formula is C74H144O17P2. The number of esters is 4. The van der Waals surface area contributed by atoms with Crippen LogP contribution in [-0.2, 0) is 65.4 Å². The van der Waals surface area contributed by atoms with Crippen molar-refractivity contribution in [2.75, 3.05) is 39.6 Å². The van der Waals surface area contributed by atoms with Crippen LogP contribution in [0.1, 0.15) is 382 Å². The number of aliphatic hydroxyl groups excluding tert-OH is 1. The van der Waals surface area contributed by atoms with Gasteiger partial charge in [0.25, 0.3) is 0 Å². The Morgan fingerprint density at radius 2 is 0.495 bits per heavy atom. The van der Waals surface area contributed by atoms with Gasteiger partial charge >= 0.3 is 39.5 Å². The van der Waals surface area contributed by atoms with E-state index < -0.39 is 97.5 Å². The van der Waals surface area contributed by atoms with Crippen LogP contribution in [0.25, 0.3) is 0 Å². The van der Waals surface area contributed by atoms with E-state index in [4.69, 9.17) is 37.0 Å². The normalized spacial score (nSPS) is 14.1. The summed E-state index contributed by atoms with van der Waals surface area (Å²) in [6.45, 7) is 9.55. The molecule has 3 N–H and O–H groups in total. The Bertz CT molecular complexity index is 1800. The van der Waals surface area contributed by atoms with Gasteiger partial charge < -0.3 is 33.8 Å². The Hall–Kier alpha value is -1.94. The number of carbonyl (C=O) groups excluding carboxylic acids is 4. The lowest BCUT2D eigenvalue weighted by atomic mass is 10.0. The van der Waals surface area contributed by atoms with Gasteiger partial charge in [0.1, 0.15) is 19.3 Å². The van der Waals surface area contributed by atoms with E-state index in [9.17, 15) is 43.2 Å². The van der Waals surface area contributed by atoms with E-state index >= 15 is 0 Å². The van der Waals surface area contributed by atoms with Crippen LogP contribution in [0.2, 0.25) is 0 Å². The van der Waals surface area contributed by atoms with Gasteiger partial charge in [0.15, 0.2) is 12.2 Å². The molecule has 0 heterocycles. The maximum absolute atomic E-state index is 13.1. The zero-order chi connectivity index (χ0) is 68.6. The summed E-state index contributed by atoms with van der Waals surface area (Å²) in [5, 5.41) is 10.6. The molecule has 0 spiro atoms. The number of phosphoric ester groups is 2. The number of unbranched alkanes of at least 4 members (excludes halogenated alkanes) is 43. The van der Waals surface area contributed by atoms with Gasteiger partial charge in [0.05, 0.1) is 26.4 Å². The van der Waals surface area contributed by atoms with E-state index in [0.29, 0.717) is 25.7 Å². The Labute approximate surface area is 568 Å². The highest BCUT2D eigenvalue weighted by atomic mass is 31.2. The van der Waals surface area contributed by atoms with Crippen LogP contribution in [-0.4, -0.2) is 96.7 Å². The van der Waals surface area contributed by atoms with E-state index in [1.807, 2.05) is 0 Å². The number of hydrogen-bond donors (Lipinski definition) is 3. The molecule has 0 rings (SSSR count). The second-order valence-corrected chi connectivity index (χ2v) is 30.5. The molecule has 5 atom stereocenters. The standard InChI is InChI=1S/C74H144O17P2/c1-7-9-11-13-15-17-19-21-23-25-27-33-40-46-52-58-73(78)90-69(62-84-71(76)56-50-44-38-32-26-24-22-20-18-16-14-12-10-8-2)64-88-92(80,81)86-60-68(75)61-87-93(82,83)89-65-70(91-74(79)59-53-47-41-35-29-31-37-43-49-55-67(5)6)63-85-72(77)57-51-45-39-34-28-30-36-42-48-54-66(3)4/h66-70,75H,7-65H2,1-6H3,(H,80,81)(H,82,83)/t68-,69-,70-/m1/s1. The van der Waals surface area contributed by atoms with Gasteiger partial charge in [-0.15, -0.1) is 0 Å². The molecule has 2 unspecified atom stereocenters. The molecular weight excluding hydrogens is 1220 g/mol. The largest absolute Gasteiger partial charge is 0.472 e. The summed E-state index contributed by atoms with van der Waals surface area (Å²) in [5.74, 6) is -0.637. The van der Waals surface area contributed by atoms with Crippen LogP contribution in [0.5, 0.6) is 0 Å². The highest BCUT2D eigenvalue weighted by molar-refractivity contribution is 7.47. The first-order chi connectivity index (χ1) is 44.9. The number of hydrogen-bond acceptors (Lipinski definition) is 15. The van der Waals surface area contributed by atoms with Crippen molar-refractivity contribution in [1.82, 2.24) is 0 Å². The third kappa shape index (κ3) is 68.4. The molecule has 0 amide bonds. The Morgan fingerprint density at radius 3 is 0.731 bits per heavy atom. The number of aliphatic hydroxyl groups is 1. The molecule has 0 bridgehead atoms. The molecule has 0 aliphatic heterocycles. The molecule has 0 aliphatic rings. The summed E-state index contributed by atoms with van der Waals surface area (Å²) in [5.41, 5.74) is 0. The second kappa shape index (κ2) is 66.0. The lowest BCUT2D eigenvalue weighted by Crippen LogP contribution is -2.30. The van der Waals surface area contributed by atoms with E-state index in [0.717, 1.165) is 102 Å². The SMILES string of the molecule is CCCCCCCCCCCCCCCCCC(=O)O[C@H](COC(=O)CCCCCCCCCCCCCCCC)COP(=O)(O)OC[C@@H](O)COP(=O)(O)OC[C@@H](COC(=O)CCCCCCCCCCCC(C)C)OC(=O)CCCCCCCCCCCC(C)C.